The van der Waals surface area contributed by atoms with Crippen LogP contribution in [0.5, 0.6) is 5.75 Å². The molecule has 1 aliphatic carbocycles. The molecule has 1 heterocycles. The van der Waals surface area contributed by atoms with E-state index in [0.29, 0.717) is 4.91 Å². The van der Waals surface area contributed by atoms with E-state index in [1.165, 1.54) is 39.5 Å². The molecule has 156 valence electrons. The second-order valence-electron chi connectivity index (χ2n) is 8.05. The van der Waals surface area contributed by atoms with E-state index in [1.54, 1.807) is 0 Å². The van der Waals surface area contributed by atoms with Crippen molar-refractivity contribution in [3.8, 4) is 16.9 Å². The van der Waals surface area contributed by atoms with Gasteiger partial charge in [0, 0.05) is 6.08 Å². The quantitative estimate of drug-likeness (QED) is 0.622. The molecule has 0 saturated carbocycles. The molecule has 1 aliphatic heterocycles. The predicted molar refractivity (Wildman–Crippen MR) is 124 cm³/mol. The summed E-state index contributed by atoms with van der Waals surface area (Å²) in [5, 5.41) is 0. The number of aryl methyl sites for hydroxylation is 2. The number of rotatable bonds is 4. The fourth-order valence-electron chi connectivity index (χ4n) is 4.61. The normalized spacial score (nSPS) is 19.7. The van der Waals surface area contributed by atoms with Crippen LogP contribution in [-0.4, -0.2) is 10.1 Å². The molecule has 0 radical (unpaired) electrons. The maximum absolute atomic E-state index is 12.0. The summed E-state index contributed by atoms with van der Waals surface area (Å²) in [5.41, 5.74) is 8.59. The molecule has 0 spiro atoms. The number of fused-ring (bicyclic) bond motifs is 1. The van der Waals surface area contributed by atoms with Crippen molar-refractivity contribution in [1.29, 1.82) is 0 Å². The van der Waals surface area contributed by atoms with Crippen molar-refractivity contribution in [3.05, 3.63) is 94.6 Å². The van der Waals surface area contributed by atoms with Crippen molar-refractivity contribution in [2.24, 2.45) is 0 Å². The van der Waals surface area contributed by atoms with Gasteiger partial charge in [-0.3, -0.25) is 9.52 Å². The maximum atomic E-state index is 12.0. The van der Waals surface area contributed by atoms with Crippen LogP contribution in [0.1, 0.15) is 40.3 Å². The average Bonchev–Trinajstić information content (AvgIpc) is 3.31. The number of amides is 1. The van der Waals surface area contributed by atoms with E-state index in [0.717, 1.165) is 24.2 Å². The Morgan fingerprint density at radius 2 is 1.68 bits per heavy atom. The van der Waals surface area contributed by atoms with Crippen molar-refractivity contribution < 1.29 is 13.7 Å². The van der Waals surface area contributed by atoms with Gasteiger partial charge in [0.25, 0.3) is 5.91 Å². The molecule has 3 aromatic rings. The van der Waals surface area contributed by atoms with Crippen LogP contribution in [0.15, 0.2) is 66.7 Å². The van der Waals surface area contributed by atoms with Gasteiger partial charge < -0.3 is 4.74 Å². The Bertz CT molecular complexity index is 1220. The van der Waals surface area contributed by atoms with Gasteiger partial charge in [-0.25, -0.2) is 4.21 Å². The van der Waals surface area contributed by atoms with Gasteiger partial charge in [-0.05, 0) is 77.8 Å². The van der Waals surface area contributed by atoms with Gasteiger partial charge in [0.05, 0.1) is 4.91 Å². The summed E-state index contributed by atoms with van der Waals surface area (Å²) >= 11 is 0. The third kappa shape index (κ3) is 3.59. The highest BCUT2D eigenvalue weighted by Gasteiger charge is 2.27. The second kappa shape index (κ2) is 7.82. The molecular weight excluding hydrogens is 406 g/mol. The van der Waals surface area contributed by atoms with Crippen molar-refractivity contribution in [3.63, 3.8) is 0 Å². The van der Waals surface area contributed by atoms with Crippen LogP contribution in [0.4, 0.5) is 0 Å². The summed E-state index contributed by atoms with van der Waals surface area (Å²) in [7, 11) is -1.49. The number of carbonyl (C=O) groups excluding carboxylic acids is 1. The van der Waals surface area contributed by atoms with Gasteiger partial charge in [-0.1, -0.05) is 48.5 Å². The van der Waals surface area contributed by atoms with E-state index in [-0.39, 0.29) is 12.0 Å². The molecular formula is C26H23NO3S. The summed E-state index contributed by atoms with van der Waals surface area (Å²) in [6.45, 7) is 4.34. The van der Waals surface area contributed by atoms with Gasteiger partial charge in [0.2, 0.25) is 0 Å². The van der Waals surface area contributed by atoms with E-state index in [1.807, 2.05) is 24.3 Å². The van der Waals surface area contributed by atoms with Crippen LogP contribution >= 0.6 is 0 Å². The minimum atomic E-state index is -1.49. The Hall–Kier alpha value is -3.18. The summed E-state index contributed by atoms with van der Waals surface area (Å²) in [5.74, 6) is 0.443. The SMILES string of the molecule is Cc1cccc(C)c1-c1cccc2c1CC[C@H]2Oc1ccc(C2=CC(=O)NS2=O)cc1. The molecule has 1 N–H and O–H groups in total. The minimum Gasteiger partial charge on any atom is -0.486 e. The molecule has 2 atom stereocenters. The highest BCUT2D eigenvalue weighted by Crippen LogP contribution is 2.41. The molecule has 0 bridgehead atoms. The van der Waals surface area contributed by atoms with Gasteiger partial charge in [-0.15, -0.1) is 0 Å². The Morgan fingerprint density at radius 3 is 2.35 bits per heavy atom. The molecule has 0 fully saturated rings. The largest absolute Gasteiger partial charge is 0.486 e. The van der Waals surface area contributed by atoms with Crippen LogP contribution < -0.4 is 9.46 Å². The standard InChI is InChI=1S/C26H23NO3S/c1-16-5-3-6-17(2)26(16)22-8-4-7-21-20(22)13-14-23(21)30-19-11-9-18(10-12-19)24-15-25(28)27-31(24)29/h3-12,15,23H,13-14H2,1-2H3,(H,27,28)/t23-,31?/m1/s1. The Labute approximate surface area is 184 Å². The van der Waals surface area contributed by atoms with E-state index in [9.17, 15) is 9.00 Å². The van der Waals surface area contributed by atoms with Gasteiger partial charge >= 0.3 is 0 Å². The fourth-order valence-corrected chi connectivity index (χ4v) is 5.53. The molecule has 3 aromatic carbocycles. The number of benzene rings is 3. The lowest BCUT2D eigenvalue weighted by Crippen LogP contribution is -2.16. The lowest BCUT2D eigenvalue weighted by molar-refractivity contribution is -0.114. The van der Waals surface area contributed by atoms with Crippen molar-refractivity contribution in [1.82, 2.24) is 4.72 Å². The first kappa shape index (κ1) is 19.8. The summed E-state index contributed by atoms with van der Waals surface area (Å²) < 4.78 is 20.7. The smallest absolute Gasteiger partial charge is 0.257 e. The zero-order valence-corrected chi connectivity index (χ0v) is 18.3. The maximum Gasteiger partial charge on any atom is 0.257 e. The molecule has 2 aliphatic rings. The zero-order valence-electron chi connectivity index (χ0n) is 17.5. The molecule has 1 unspecified atom stereocenters. The predicted octanol–water partition coefficient (Wildman–Crippen LogP) is 5.17. The summed E-state index contributed by atoms with van der Waals surface area (Å²) in [6, 6.07) is 20.4. The number of nitrogens with one attached hydrogen (secondary N) is 1. The molecule has 4 nitrogen and oxygen atoms in total. The average molecular weight is 430 g/mol. The number of carbonyl (C=O) groups is 1. The minimum absolute atomic E-state index is 0.00759. The topological polar surface area (TPSA) is 55.4 Å². The Balaban J connectivity index is 1.41. The van der Waals surface area contributed by atoms with Crippen LogP contribution in [0.2, 0.25) is 0 Å². The first-order valence-corrected chi connectivity index (χ1v) is 11.6. The highest BCUT2D eigenvalue weighted by molar-refractivity contribution is 7.93. The first-order valence-electron chi connectivity index (χ1n) is 10.4. The Kier molecular flexibility index (Phi) is 4.98. The molecule has 0 aromatic heterocycles. The monoisotopic (exact) mass is 429 g/mol. The van der Waals surface area contributed by atoms with E-state index < -0.39 is 11.0 Å². The third-order valence-corrected chi connectivity index (χ3v) is 7.18. The lowest BCUT2D eigenvalue weighted by Gasteiger charge is -2.17. The van der Waals surface area contributed by atoms with Gasteiger partial charge in [0.1, 0.15) is 11.9 Å². The molecule has 31 heavy (non-hydrogen) atoms. The van der Waals surface area contributed by atoms with Crippen molar-refractivity contribution in [2.45, 2.75) is 32.8 Å². The number of hydrogen-bond donors (Lipinski definition) is 1. The van der Waals surface area contributed by atoms with E-state index in [4.69, 9.17) is 4.74 Å². The van der Waals surface area contributed by atoms with Crippen LogP contribution in [-0.2, 0) is 22.2 Å². The van der Waals surface area contributed by atoms with Crippen molar-refractivity contribution in [2.75, 3.05) is 0 Å². The first-order chi connectivity index (χ1) is 15.0. The van der Waals surface area contributed by atoms with Gasteiger partial charge in [-0.2, -0.15) is 0 Å². The molecule has 0 saturated heterocycles. The van der Waals surface area contributed by atoms with Crippen LogP contribution in [0.25, 0.3) is 16.0 Å². The number of hydrogen-bond acceptors (Lipinski definition) is 3. The molecule has 1 amide bonds. The van der Waals surface area contributed by atoms with Crippen molar-refractivity contribution >= 4 is 21.8 Å². The zero-order chi connectivity index (χ0) is 21.5. The van der Waals surface area contributed by atoms with Crippen LogP contribution in [0, 0.1) is 13.8 Å². The fraction of sp³-hybridized carbons (Fsp3) is 0.192. The van der Waals surface area contributed by atoms with E-state index >= 15 is 0 Å². The van der Waals surface area contributed by atoms with E-state index in [2.05, 4.69) is 55.0 Å². The summed E-state index contributed by atoms with van der Waals surface area (Å²) in [4.78, 5) is 11.9. The number of ether oxygens (including phenoxy) is 1. The second-order valence-corrected chi connectivity index (χ2v) is 9.23. The van der Waals surface area contributed by atoms with Crippen LogP contribution in [0.3, 0.4) is 0 Å². The molecule has 5 rings (SSSR count). The molecule has 5 heteroatoms. The third-order valence-electron chi connectivity index (χ3n) is 6.04. The van der Waals surface area contributed by atoms with Gasteiger partial charge in [0.15, 0.2) is 11.0 Å². The lowest BCUT2D eigenvalue weighted by atomic mass is 9.91. The Morgan fingerprint density at radius 1 is 0.968 bits per heavy atom. The summed E-state index contributed by atoms with van der Waals surface area (Å²) in [6.07, 6.45) is 3.32. The highest BCUT2D eigenvalue weighted by atomic mass is 32.2.